The van der Waals surface area contributed by atoms with E-state index in [9.17, 15) is 0 Å². The molecule has 3 heteroatoms. The molecule has 1 atom stereocenters. The second-order valence-corrected chi connectivity index (χ2v) is 4.15. The number of methoxy groups -OCH3 is 1. The molecule has 0 fully saturated rings. The first-order chi connectivity index (χ1) is 8.21. The van der Waals surface area contributed by atoms with Gasteiger partial charge >= 0.3 is 0 Å². The molecule has 0 saturated carbocycles. The lowest BCUT2D eigenvalue weighted by Crippen LogP contribution is -2.27. The first-order valence-corrected chi connectivity index (χ1v) is 5.95. The zero-order valence-corrected chi connectivity index (χ0v) is 10.8. The summed E-state index contributed by atoms with van der Waals surface area (Å²) in [4.78, 5) is 0. The van der Waals surface area contributed by atoms with Gasteiger partial charge in [0.2, 0.25) is 0 Å². The maximum Gasteiger partial charge on any atom is 0.121 e. The SMILES string of the molecule is CCC(CC#N)NCc1ccc(OC)c(C)c1. The maximum absolute atomic E-state index is 8.67. The van der Waals surface area contributed by atoms with Crippen molar-refractivity contribution in [2.45, 2.75) is 39.3 Å². The Labute approximate surface area is 103 Å². The summed E-state index contributed by atoms with van der Waals surface area (Å²) >= 11 is 0. The van der Waals surface area contributed by atoms with E-state index in [0.29, 0.717) is 6.42 Å². The summed E-state index contributed by atoms with van der Waals surface area (Å²) in [5, 5.41) is 12.1. The van der Waals surface area contributed by atoms with Gasteiger partial charge in [0.1, 0.15) is 5.75 Å². The van der Waals surface area contributed by atoms with Crippen LogP contribution in [0.4, 0.5) is 0 Å². The summed E-state index contributed by atoms with van der Waals surface area (Å²) in [5.41, 5.74) is 2.36. The lowest BCUT2D eigenvalue weighted by Gasteiger charge is -2.14. The molecule has 0 aliphatic rings. The van der Waals surface area contributed by atoms with Gasteiger partial charge < -0.3 is 10.1 Å². The molecule has 0 spiro atoms. The molecule has 0 aliphatic heterocycles. The Kier molecular flexibility index (Phi) is 5.51. The monoisotopic (exact) mass is 232 g/mol. The van der Waals surface area contributed by atoms with Crippen molar-refractivity contribution in [3.63, 3.8) is 0 Å². The second kappa shape index (κ2) is 6.93. The van der Waals surface area contributed by atoms with Gasteiger partial charge in [-0.1, -0.05) is 19.1 Å². The van der Waals surface area contributed by atoms with Gasteiger partial charge in [0.05, 0.1) is 19.6 Å². The Bertz CT molecular complexity index is 396. The zero-order valence-electron chi connectivity index (χ0n) is 10.8. The minimum absolute atomic E-state index is 0.280. The van der Waals surface area contributed by atoms with Crippen LogP contribution in [0.15, 0.2) is 18.2 Å². The van der Waals surface area contributed by atoms with E-state index in [0.717, 1.165) is 24.3 Å². The second-order valence-electron chi connectivity index (χ2n) is 4.15. The molecule has 0 saturated heterocycles. The molecule has 1 N–H and O–H groups in total. The molecule has 1 rings (SSSR count). The van der Waals surface area contributed by atoms with Crippen molar-refractivity contribution in [3.05, 3.63) is 29.3 Å². The van der Waals surface area contributed by atoms with Crippen molar-refractivity contribution in [1.29, 1.82) is 5.26 Å². The van der Waals surface area contributed by atoms with Gasteiger partial charge in [-0.3, -0.25) is 0 Å². The highest BCUT2D eigenvalue weighted by atomic mass is 16.5. The van der Waals surface area contributed by atoms with Crippen molar-refractivity contribution >= 4 is 0 Å². The Hall–Kier alpha value is -1.53. The molecule has 1 aromatic rings. The minimum Gasteiger partial charge on any atom is -0.496 e. The number of ether oxygens (including phenoxy) is 1. The Morgan fingerprint density at radius 1 is 1.47 bits per heavy atom. The highest BCUT2D eigenvalue weighted by Gasteiger charge is 2.05. The summed E-state index contributed by atoms with van der Waals surface area (Å²) in [7, 11) is 1.68. The van der Waals surface area contributed by atoms with Crippen molar-refractivity contribution in [2.24, 2.45) is 0 Å². The average Bonchev–Trinajstić information content (AvgIpc) is 2.34. The molecule has 1 unspecified atom stereocenters. The first kappa shape index (κ1) is 13.5. The van der Waals surface area contributed by atoms with Crippen LogP contribution in [0, 0.1) is 18.3 Å². The number of aryl methyl sites for hydroxylation is 1. The van der Waals surface area contributed by atoms with Crippen LogP contribution in [-0.4, -0.2) is 13.2 Å². The van der Waals surface area contributed by atoms with Crippen LogP contribution in [0.5, 0.6) is 5.75 Å². The summed E-state index contributed by atoms with van der Waals surface area (Å²) in [6.07, 6.45) is 1.54. The van der Waals surface area contributed by atoms with Gasteiger partial charge in [-0.25, -0.2) is 0 Å². The number of hydrogen-bond acceptors (Lipinski definition) is 3. The van der Waals surface area contributed by atoms with Gasteiger partial charge in [-0.15, -0.1) is 0 Å². The van der Waals surface area contributed by atoms with E-state index in [1.165, 1.54) is 5.56 Å². The van der Waals surface area contributed by atoms with Crippen LogP contribution >= 0.6 is 0 Å². The number of nitrogens with zero attached hydrogens (tertiary/aromatic N) is 1. The van der Waals surface area contributed by atoms with Crippen LogP contribution in [0.25, 0.3) is 0 Å². The van der Waals surface area contributed by atoms with Gasteiger partial charge in [0.15, 0.2) is 0 Å². The molecule has 92 valence electrons. The van der Waals surface area contributed by atoms with Crippen molar-refractivity contribution < 1.29 is 4.74 Å². The quantitative estimate of drug-likeness (QED) is 0.820. The Morgan fingerprint density at radius 3 is 2.76 bits per heavy atom. The summed E-state index contributed by atoms with van der Waals surface area (Å²) in [6.45, 7) is 4.92. The molecule has 0 aromatic heterocycles. The number of rotatable bonds is 6. The molecule has 0 amide bonds. The van der Waals surface area contributed by atoms with E-state index in [-0.39, 0.29) is 6.04 Å². The molecule has 3 nitrogen and oxygen atoms in total. The smallest absolute Gasteiger partial charge is 0.121 e. The zero-order chi connectivity index (χ0) is 12.7. The van der Waals surface area contributed by atoms with Crippen LogP contribution in [0.1, 0.15) is 30.9 Å². The Balaban J connectivity index is 2.57. The highest BCUT2D eigenvalue weighted by Crippen LogP contribution is 2.18. The predicted octanol–water partition coefficient (Wildman–Crippen LogP) is 2.79. The van der Waals surface area contributed by atoms with Gasteiger partial charge in [-0.05, 0) is 30.5 Å². The van der Waals surface area contributed by atoms with Crippen molar-refractivity contribution in [1.82, 2.24) is 5.32 Å². The van der Waals surface area contributed by atoms with Crippen molar-refractivity contribution in [2.75, 3.05) is 7.11 Å². The summed E-state index contributed by atoms with van der Waals surface area (Å²) < 4.78 is 5.22. The number of nitriles is 1. The van der Waals surface area contributed by atoms with Gasteiger partial charge in [0.25, 0.3) is 0 Å². The minimum atomic E-state index is 0.280. The molecule has 0 heterocycles. The van der Waals surface area contributed by atoms with Crippen LogP contribution in [0.2, 0.25) is 0 Å². The molecular formula is C14H20N2O. The fourth-order valence-corrected chi connectivity index (χ4v) is 1.78. The number of benzene rings is 1. The van der Waals surface area contributed by atoms with E-state index >= 15 is 0 Å². The summed E-state index contributed by atoms with van der Waals surface area (Å²) in [5.74, 6) is 0.915. The molecule has 0 radical (unpaired) electrons. The summed E-state index contributed by atoms with van der Waals surface area (Å²) in [6, 6.07) is 8.64. The fourth-order valence-electron chi connectivity index (χ4n) is 1.78. The molecule has 17 heavy (non-hydrogen) atoms. The first-order valence-electron chi connectivity index (χ1n) is 5.95. The standard InChI is InChI=1S/C14H20N2O/c1-4-13(7-8-15)16-10-12-5-6-14(17-3)11(2)9-12/h5-6,9,13,16H,4,7,10H2,1-3H3. The number of nitrogens with one attached hydrogen (secondary N) is 1. The predicted molar refractivity (Wildman–Crippen MR) is 68.9 cm³/mol. The van der Waals surface area contributed by atoms with Gasteiger partial charge in [-0.2, -0.15) is 5.26 Å². The lowest BCUT2D eigenvalue weighted by molar-refractivity contribution is 0.411. The third kappa shape index (κ3) is 4.08. The fraction of sp³-hybridized carbons (Fsp3) is 0.500. The van der Waals surface area contributed by atoms with Crippen LogP contribution < -0.4 is 10.1 Å². The van der Waals surface area contributed by atoms with Gasteiger partial charge in [0, 0.05) is 12.6 Å². The van der Waals surface area contributed by atoms with E-state index in [2.05, 4.69) is 30.4 Å². The highest BCUT2D eigenvalue weighted by molar-refractivity contribution is 5.36. The molecule has 0 aliphatic carbocycles. The Morgan fingerprint density at radius 2 is 2.24 bits per heavy atom. The molecular weight excluding hydrogens is 212 g/mol. The maximum atomic E-state index is 8.67. The van der Waals surface area contributed by atoms with E-state index in [1.54, 1.807) is 7.11 Å². The molecule has 1 aromatic carbocycles. The topological polar surface area (TPSA) is 45.0 Å². The number of hydrogen-bond donors (Lipinski definition) is 1. The third-order valence-corrected chi connectivity index (χ3v) is 2.88. The van der Waals surface area contributed by atoms with E-state index < -0.39 is 0 Å². The largest absolute Gasteiger partial charge is 0.496 e. The van der Waals surface area contributed by atoms with Crippen LogP contribution in [0.3, 0.4) is 0 Å². The van der Waals surface area contributed by atoms with E-state index in [4.69, 9.17) is 10.00 Å². The van der Waals surface area contributed by atoms with Crippen molar-refractivity contribution in [3.8, 4) is 11.8 Å². The lowest BCUT2D eigenvalue weighted by atomic mass is 10.1. The normalized spacial score (nSPS) is 11.9. The van der Waals surface area contributed by atoms with E-state index in [1.807, 2.05) is 13.0 Å². The average molecular weight is 232 g/mol. The van der Waals surface area contributed by atoms with Crippen LogP contribution in [-0.2, 0) is 6.54 Å². The third-order valence-electron chi connectivity index (χ3n) is 2.88. The molecule has 0 bridgehead atoms.